The van der Waals surface area contributed by atoms with Crippen LogP contribution in [0, 0.1) is 5.92 Å². The summed E-state index contributed by atoms with van der Waals surface area (Å²) in [5.74, 6) is 0.705. The maximum atomic E-state index is 11.5. The van der Waals surface area contributed by atoms with E-state index in [2.05, 4.69) is 11.8 Å². The van der Waals surface area contributed by atoms with Gasteiger partial charge in [-0.1, -0.05) is 20.3 Å². The molecule has 0 spiro atoms. The third-order valence-electron chi connectivity index (χ3n) is 2.30. The molecule has 0 saturated heterocycles. The van der Waals surface area contributed by atoms with E-state index in [1.54, 1.807) is 0 Å². The highest BCUT2D eigenvalue weighted by Crippen LogP contribution is 2.09. The van der Waals surface area contributed by atoms with E-state index in [9.17, 15) is 4.79 Å². The van der Waals surface area contributed by atoms with Crippen molar-refractivity contribution in [2.45, 2.75) is 39.5 Å². The van der Waals surface area contributed by atoms with Crippen molar-refractivity contribution in [3.63, 3.8) is 0 Å². The molecule has 0 rings (SSSR count). The molecule has 0 radical (unpaired) electrons. The Morgan fingerprint density at radius 2 is 2.00 bits per heavy atom. The summed E-state index contributed by atoms with van der Waals surface area (Å²) in [5.41, 5.74) is 0. The summed E-state index contributed by atoms with van der Waals surface area (Å²) in [5, 5.41) is 0. The first kappa shape index (κ1) is 12.6. The average molecular weight is 185 g/mol. The molecule has 2 heteroatoms. The lowest BCUT2D eigenvalue weighted by molar-refractivity contribution is -0.122. The van der Waals surface area contributed by atoms with Crippen molar-refractivity contribution < 1.29 is 4.79 Å². The highest BCUT2D eigenvalue weighted by atomic mass is 16.1. The normalized spacial score (nSPS) is 13.3. The summed E-state index contributed by atoms with van der Waals surface area (Å²) in [6.45, 7) is 5.19. The molecule has 0 heterocycles. The Balaban J connectivity index is 3.50. The Labute approximate surface area is 82.3 Å². The second-order valence-electron chi connectivity index (χ2n) is 4.06. The predicted molar refractivity (Wildman–Crippen MR) is 56.9 cm³/mol. The van der Waals surface area contributed by atoms with Crippen LogP contribution in [0.1, 0.15) is 39.5 Å². The van der Waals surface area contributed by atoms with Gasteiger partial charge in [0.1, 0.15) is 5.78 Å². The number of Topliss-reactive ketones (excluding diaryl/α,β-unsaturated/α-hetero) is 1. The van der Waals surface area contributed by atoms with E-state index in [4.69, 9.17) is 0 Å². The fourth-order valence-electron chi connectivity index (χ4n) is 1.41. The Kier molecular flexibility index (Phi) is 6.87. The van der Waals surface area contributed by atoms with E-state index >= 15 is 0 Å². The molecule has 0 saturated carbocycles. The second-order valence-corrected chi connectivity index (χ2v) is 4.06. The number of rotatable bonds is 7. The zero-order chi connectivity index (χ0) is 10.3. The van der Waals surface area contributed by atoms with Crippen molar-refractivity contribution in [3.8, 4) is 0 Å². The lowest BCUT2D eigenvalue weighted by Gasteiger charge is -2.11. The van der Waals surface area contributed by atoms with Gasteiger partial charge in [-0.15, -0.1) is 0 Å². The van der Waals surface area contributed by atoms with E-state index in [-0.39, 0.29) is 5.92 Å². The molecule has 1 unspecified atom stereocenters. The number of ketones is 1. The molecule has 0 fully saturated rings. The zero-order valence-corrected chi connectivity index (χ0v) is 9.47. The highest BCUT2D eigenvalue weighted by Gasteiger charge is 2.10. The van der Waals surface area contributed by atoms with Crippen molar-refractivity contribution >= 4 is 5.78 Å². The highest BCUT2D eigenvalue weighted by molar-refractivity contribution is 5.80. The smallest absolute Gasteiger partial charge is 0.135 e. The van der Waals surface area contributed by atoms with Gasteiger partial charge in [-0.2, -0.15) is 0 Å². The molecule has 2 nitrogen and oxygen atoms in total. The minimum atomic E-state index is 0.271. The third-order valence-corrected chi connectivity index (χ3v) is 2.30. The first-order valence-corrected chi connectivity index (χ1v) is 5.25. The number of hydrogen-bond acceptors (Lipinski definition) is 2. The van der Waals surface area contributed by atoms with E-state index in [0.717, 1.165) is 32.2 Å². The fraction of sp³-hybridized carbons (Fsp3) is 0.909. The molecule has 0 aliphatic carbocycles. The molecule has 13 heavy (non-hydrogen) atoms. The Hall–Kier alpha value is -0.370. The maximum absolute atomic E-state index is 11.5. The van der Waals surface area contributed by atoms with Gasteiger partial charge in [-0.3, -0.25) is 4.79 Å². The molecule has 0 aromatic carbocycles. The van der Waals surface area contributed by atoms with Gasteiger partial charge in [0.15, 0.2) is 0 Å². The van der Waals surface area contributed by atoms with E-state index in [0.29, 0.717) is 5.78 Å². The monoisotopic (exact) mass is 185 g/mol. The largest absolute Gasteiger partial charge is 0.309 e. The summed E-state index contributed by atoms with van der Waals surface area (Å²) < 4.78 is 0. The van der Waals surface area contributed by atoms with Crippen LogP contribution >= 0.6 is 0 Å². The number of nitrogens with zero attached hydrogens (tertiary/aromatic N) is 1. The van der Waals surface area contributed by atoms with Crippen LogP contribution in [0.3, 0.4) is 0 Å². The van der Waals surface area contributed by atoms with Gasteiger partial charge < -0.3 is 4.90 Å². The average Bonchev–Trinajstić information content (AvgIpc) is 2.04. The Morgan fingerprint density at radius 3 is 2.46 bits per heavy atom. The summed E-state index contributed by atoms with van der Waals surface area (Å²) in [6, 6.07) is 0. The van der Waals surface area contributed by atoms with Gasteiger partial charge in [0.25, 0.3) is 0 Å². The summed E-state index contributed by atoms with van der Waals surface area (Å²) in [6.07, 6.45) is 3.90. The maximum Gasteiger partial charge on any atom is 0.135 e. The lowest BCUT2D eigenvalue weighted by Crippen LogP contribution is -2.16. The topological polar surface area (TPSA) is 20.3 Å². The van der Waals surface area contributed by atoms with E-state index in [1.165, 1.54) is 0 Å². The molecular weight excluding hydrogens is 162 g/mol. The summed E-state index contributed by atoms with van der Waals surface area (Å²) in [7, 11) is 4.08. The minimum Gasteiger partial charge on any atom is -0.309 e. The quantitative estimate of drug-likeness (QED) is 0.606. The van der Waals surface area contributed by atoms with Crippen molar-refractivity contribution in [1.82, 2.24) is 4.90 Å². The van der Waals surface area contributed by atoms with Crippen molar-refractivity contribution in [1.29, 1.82) is 0 Å². The minimum absolute atomic E-state index is 0.271. The SMILES string of the molecule is CCCC(C)C(=O)CCCN(C)C. The predicted octanol–water partition coefficient (Wildman–Crippen LogP) is 2.33. The molecule has 0 amide bonds. The van der Waals surface area contributed by atoms with Crippen LogP contribution in [0.15, 0.2) is 0 Å². The molecular formula is C11H23NO. The van der Waals surface area contributed by atoms with Crippen molar-refractivity contribution in [2.75, 3.05) is 20.6 Å². The molecule has 0 N–H and O–H groups in total. The van der Waals surface area contributed by atoms with Crippen LogP contribution in [0.5, 0.6) is 0 Å². The van der Waals surface area contributed by atoms with Gasteiger partial charge in [0.05, 0.1) is 0 Å². The van der Waals surface area contributed by atoms with Crippen LogP contribution in [-0.4, -0.2) is 31.3 Å². The number of carbonyl (C=O) groups excluding carboxylic acids is 1. The fourth-order valence-corrected chi connectivity index (χ4v) is 1.41. The summed E-state index contributed by atoms with van der Waals surface area (Å²) >= 11 is 0. The Morgan fingerprint density at radius 1 is 1.38 bits per heavy atom. The standard InChI is InChI=1S/C11H23NO/c1-5-7-10(2)11(13)8-6-9-12(3)4/h10H,5-9H2,1-4H3. The van der Waals surface area contributed by atoms with Crippen LogP contribution in [0.4, 0.5) is 0 Å². The third kappa shape index (κ3) is 6.76. The molecule has 0 aromatic rings. The molecule has 78 valence electrons. The number of hydrogen-bond donors (Lipinski definition) is 0. The Bertz CT molecular complexity index is 143. The summed E-state index contributed by atoms with van der Waals surface area (Å²) in [4.78, 5) is 13.6. The van der Waals surface area contributed by atoms with Crippen molar-refractivity contribution in [3.05, 3.63) is 0 Å². The van der Waals surface area contributed by atoms with Crippen LogP contribution in [-0.2, 0) is 4.79 Å². The first-order chi connectivity index (χ1) is 6.07. The zero-order valence-electron chi connectivity index (χ0n) is 9.47. The van der Waals surface area contributed by atoms with Gasteiger partial charge in [0, 0.05) is 12.3 Å². The van der Waals surface area contributed by atoms with E-state index in [1.807, 2.05) is 21.0 Å². The van der Waals surface area contributed by atoms with Crippen LogP contribution < -0.4 is 0 Å². The van der Waals surface area contributed by atoms with Gasteiger partial charge in [-0.05, 0) is 33.5 Å². The number of carbonyl (C=O) groups is 1. The molecule has 0 aromatic heterocycles. The lowest BCUT2D eigenvalue weighted by atomic mass is 9.98. The molecule has 0 aliphatic rings. The van der Waals surface area contributed by atoms with Crippen LogP contribution in [0.2, 0.25) is 0 Å². The molecule has 0 bridgehead atoms. The second kappa shape index (κ2) is 7.07. The van der Waals surface area contributed by atoms with Gasteiger partial charge >= 0.3 is 0 Å². The van der Waals surface area contributed by atoms with Gasteiger partial charge in [-0.25, -0.2) is 0 Å². The molecule has 1 atom stereocenters. The van der Waals surface area contributed by atoms with Crippen LogP contribution in [0.25, 0.3) is 0 Å². The first-order valence-electron chi connectivity index (χ1n) is 5.25. The van der Waals surface area contributed by atoms with Crippen molar-refractivity contribution in [2.24, 2.45) is 5.92 Å². The molecule has 0 aliphatic heterocycles. The van der Waals surface area contributed by atoms with E-state index < -0.39 is 0 Å². The van der Waals surface area contributed by atoms with Gasteiger partial charge in [0.2, 0.25) is 0 Å².